The van der Waals surface area contributed by atoms with Crippen molar-refractivity contribution in [2.75, 3.05) is 19.7 Å². The maximum Gasteiger partial charge on any atom is 0.306 e. The monoisotopic (exact) mass is 367 g/mol. The largest absolute Gasteiger partial charge is 0.494 e. The number of carboxylic acids is 1. The summed E-state index contributed by atoms with van der Waals surface area (Å²) in [6.45, 7) is 4.59. The molecule has 0 atom stereocenters. The molecule has 1 aromatic heterocycles. The molecule has 1 aliphatic rings. The van der Waals surface area contributed by atoms with Crippen molar-refractivity contribution in [2.24, 2.45) is 5.92 Å². The molecule has 7 nitrogen and oxygen atoms in total. The quantitative estimate of drug-likeness (QED) is 0.839. The van der Waals surface area contributed by atoms with Crippen LogP contribution in [0.3, 0.4) is 0 Å². The molecule has 0 radical (unpaired) electrons. The van der Waals surface area contributed by atoms with Gasteiger partial charge in [-0.3, -0.25) is 9.69 Å². The zero-order valence-corrected chi connectivity index (χ0v) is 14.9. The third-order valence-electron chi connectivity index (χ3n) is 4.19. The molecule has 0 amide bonds. The molecule has 2 aromatic rings. The van der Waals surface area contributed by atoms with Gasteiger partial charge in [0.2, 0.25) is 11.7 Å². The van der Waals surface area contributed by atoms with Gasteiger partial charge in [0.1, 0.15) is 5.75 Å². The van der Waals surface area contributed by atoms with Crippen LogP contribution in [0, 0.1) is 5.92 Å². The molecular weight excluding hydrogens is 346 g/mol. The number of rotatable bonds is 6. The minimum Gasteiger partial charge on any atom is -0.494 e. The minimum atomic E-state index is -0.703. The summed E-state index contributed by atoms with van der Waals surface area (Å²) in [6.07, 6.45) is 1.32. The summed E-state index contributed by atoms with van der Waals surface area (Å²) in [7, 11) is 0. The molecule has 2 heterocycles. The highest BCUT2D eigenvalue weighted by molar-refractivity contribution is 5.85. The first-order valence-corrected chi connectivity index (χ1v) is 8.16. The van der Waals surface area contributed by atoms with E-state index < -0.39 is 5.97 Å². The molecular formula is C17H22ClN3O4. The molecule has 1 saturated heterocycles. The lowest BCUT2D eigenvalue weighted by atomic mass is 9.97. The second-order valence-corrected chi connectivity index (χ2v) is 5.86. The summed E-state index contributed by atoms with van der Waals surface area (Å²) < 4.78 is 10.7. The van der Waals surface area contributed by atoms with Gasteiger partial charge in [0, 0.05) is 5.56 Å². The van der Waals surface area contributed by atoms with Crippen molar-refractivity contribution in [3.05, 3.63) is 30.2 Å². The number of hydrogen-bond donors (Lipinski definition) is 1. The van der Waals surface area contributed by atoms with E-state index in [1.807, 2.05) is 31.2 Å². The average Bonchev–Trinajstić information content (AvgIpc) is 3.05. The lowest BCUT2D eigenvalue weighted by Crippen LogP contribution is -2.35. The molecule has 0 spiro atoms. The van der Waals surface area contributed by atoms with E-state index in [0.717, 1.165) is 24.4 Å². The van der Waals surface area contributed by atoms with Crippen molar-refractivity contribution in [3.63, 3.8) is 0 Å². The third kappa shape index (κ3) is 4.93. The number of carbonyl (C=O) groups is 1. The molecule has 25 heavy (non-hydrogen) atoms. The Morgan fingerprint density at radius 3 is 2.60 bits per heavy atom. The van der Waals surface area contributed by atoms with Crippen LogP contribution in [0.25, 0.3) is 11.4 Å². The molecule has 1 N–H and O–H groups in total. The van der Waals surface area contributed by atoms with Gasteiger partial charge in [-0.1, -0.05) is 5.16 Å². The third-order valence-corrected chi connectivity index (χ3v) is 4.19. The van der Waals surface area contributed by atoms with Crippen molar-refractivity contribution >= 4 is 18.4 Å². The first-order valence-electron chi connectivity index (χ1n) is 8.16. The van der Waals surface area contributed by atoms with E-state index in [2.05, 4.69) is 15.0 Å². The highest BCUT2D eigenvalue weighted by Crippen LogP contribution is 2.22. The van der Waals surface area contributed by atoms with Gasteiger partial charge in [0.15, 0.2) is 0 Å². The number of aliphatic carboxylic acids is 1. The van der Waals surface area contributed by atoms with E-state index in [0.29, 0.717) is 37.7 Å². The predicted octanol–water partition coefficient (Wildman–Crippen LogP) is 2.85. The fourth-order valence-corrected chi connectivity index (χ4v) is 2.83. The van der Waals surface area contributed by atoms with Crippen LogP contribution in [0.1, 0.15) is 25.7 Å². The van der Waals surface area contributed by atoms with E-state index in [-0.39, 0.29) is 18.3 Å². The van der Waals surface area contributed by atoms with Gasteiger partial charge < -0.3 is 14.4 Å². The molecule has 1 aliphatic heterocycles. The molecule has 1 fully saturated rings. The maximum absolute atomic E-state index is 11.0. The fourth-order valence-electron chi connectivity index (χ4n) is 2.83. The van der Waals surface area contributed by atoms with Crippen LogP contribution in [0.4, 0.5) is 0 Å². The van der Waals surface area contributed by atoms with Crippen molar-refractivity contribution < 1.29 is 19.2 Å². The summed E-state index contributed by atoms with van der Waals surface area (Å²) in [6, 6.07) is 7.56. The SMILES string of the molecule is CCOc1ccc(-c2noc(CN3CCC(C(=O)O)CC3)n2)cc1.Cl. The molecule has 136 valence electrons. The second-order valence-electron chi connectivity index (χ2n) is 5.86. The Hall–Kier alpha value is -2.12. The Morgan fingerprint density at radius 1 is 1.32 bits per heavy atom. The smallest absolute Gasteiger partial charge is 0.306 e. The van der Waals surface area contributed by atoms with Gasteiger partial charge in [-0.05, 0) is 57.1 Å². The zero-order chi connectivity index (χ0) is 16.9. The van der Waals surface area contributed by atoms with E-state index in [1.165, 1.54) is 0 Å². The summed E-state index contributed by atoms with van der Waals surface area (Å²) in [5.74, 6) is 0.973. The number of carboxylic acid groups (broad SMARTS) is 1. The van der Waals surface area contributed by atoms with Crippen LogP contribution in [0.5, 0.6) is 5.75 Å². The number of likely N-dealkylation sites (tertiary alicyclic amines) is 1. The molecule has 1 aromatic carbocycles. The highest BCUT2D eigenvalue weighted by atomic mass is 35.5. The maximum atomic E-state index is 11.0. The Morgan fingerprint density at radius 2 is 2.00 bits per heavy atom. The number of benzene rings is 1. The van der Waals surface area contributed by atoms with Gasteiger partial charge in [-0.2, -0.15) is 4.98 Å². The summed E-state index contributed by atoms with van der Waals surface area (Å²) in [5, 5.41) is 13.1. The van der Waals surface area contributed by atoms with Crippen LogP contribution >= 0.6 is 12.4 Å². The van der Waals surface area contributed by atoms with Crippen molar-refractivity contribution in [2.45, 2.75) is 26.3 Å². The van der Waals surface area contributed by atoms with E-state index in [9.17, 15) is 4.79 Å². The van der Waals surface area contributed by atoms with Gasteiger partial charge in [0.25, 0.3) is 0 Å². The van der Waals surface area contributed by atoms with Crippen LogP contribution in [-0.2, 0) is 11.3 Å². The van der Waals surface area contributed by atoms with Crippen LogP contribution in [0.15, 0.2) is 28.8 Å². The van der Waals surface area contributed by atoms with Crippen molar-refractivity contribution in [1.29, 1.82) is 0 Å². The molecule has 0 aliphatic carbocycles. The van der Waals surface area contributed by atoms with Crippen molar-refractivity contribution in [3.8, 4) is 17.1 Å². The minimum absolute atomic E-state index is 0. The van der Waals surface area contributed by atoms with E-state index >= 15 is 0 Å². The summed E-state index contributed by atoms with van der Waals surface area (Å²) in [5.41, 5.74) is 0.873. The number of hydrogen-bond acceptors (Lipinski definition) is 6. The fraction of sp³-hybridized carbons (Fsp3) is 0.471. The normalized spacial score (nSPS) is 15.6. The summed E-state index contributed by atoms with van der Waals surface area (Å²) in [4.78, 5) is 17.6. The van der Waals surface area contributed by atoms with Crippen molar-refractivity contribution in [1.82, 2.24) is 15.0 Å². The van der Waals surface area contributed by atoms with Gasteiger partial charge in [-0.15, -0.1) is 12.4 Å². The first-order chi connectivity index (χ1) is 11.7. The number of halogens is 1. The number of aromatic nitrogens is 2. The standard InChI is InChI=1S/C17H21N3O4.ClH/c1-2-23-14-5-3-12(4-6-14)16-18-15(24-19-16)11-20-9-7-13(8-10-20)17(21)22;/h3-6,13H,2,7-11H2,1H3,(H,21,22);1H. The van der Waals surface area contributed by atoms with E-state index in [1.54, 1.807) is 0 Å². The summed E-state index contributed by atoms with van der Waals surface area (Å²) >= 11 is 0. The highest BCUT2D eigenvalue weighted by Gasteiger charge is 2.25. The predicted molar refractivity (Wildman–Crippen MR) is 93.8 cm³/mol. The van der Waals surface area contributed by atoms with Gasteiger partial charge in [0.05, 0.1) is 19.1 Å². The molecule has 0 saturated carbocycles. The van der Waals surface area contributed by atoms with Crippen LogP contribution in [0.2, 0.25) is 0 Å². The topological polar surface area (TPSA) is 88.7 Å². The second kappa shape index (κ2) is 8.82. The molecule has 0 bridgehead atoms. The lowest BCUT2D eigenvalue weighted by molar-refractivity contribution is -0.143. The zero-order valence-electron chi connectivity index (χ0n) is 14.1. The Bertz CT molecular complexity index is 681. The number of ether oxygens (including phenoxy) is 1. The molecule has 0 unspecified atom stereocenters. The number of nitrogens with zero attached hydrogens (tertiary/aromatic N) is 3. The Balaban J connectivity index is 0.00000225. The first kappa shape index (κ1) is 19.2. The van der Waals surface area contributed by atoms with Gasteiger partial charge in [-0.25, -0.2) is 0 Å². The lowest BCUT2D eigenvalue weighted by Gasteiger charge is -2.28. The van der Waals surface area contributed by atoms with Crippen LogP contribution in [-0.4, -0.2) is 45.8 Å². The average molecular weight is 368 g/mol. The van der Waals surface area contributed by atoms with Gasteiger partial charge >= 0.3 is 5.97 Å². The van der Waals surface area contributed by atoms with Crippen LogP contribution < -0.4 is 4.74 Å². The molecule has 3 rings (SSSR count). The number of piperidine rings is 1. The Kier molecular flexibility index (Phi) is 6.78. The van der Waals surface area contributed by atoms with E-state index in [4.69, 9.17) is 14.4 Å². The Labute approximate surface area is 152 Å². The molecule has 8 heteroatoms.